The molecule has 2 N–H and O–H groups in total. The minimum Gasteiger partial charge on any atom is -0.495 e. The molecule has 10 heteroatoms. The van der Waals surface area contributed by atoms with Crippen LogP contribution < -0.4 is 15.4 Å². The third-order valence-electron chi connectivity index (χ3n) is 5.48. The first-order valence-electron chi connectivity index (χ1n) is 10.4. The summed E-state index contributed by atoms with van der Waals surface area (Å²) in [6.07, 6.45) is 2.64. The summed E-state index contributed by atoms with van der Waals surface area (Å²) in [6.45, 7) is 0.983. The van der Waals surface area contributed by atoms with Gasteiger partial charge in [0.1, 0.15) is 5.75 Å². The smallest absolute Gasteiger partial charge is 0.243 e. The van der Waals surface area contributed by atoms with Crippen LogP contribution in [0.5, 0.6) is 5.75 Å². The van der Waals surface area contributed by atoms with Crippen molar-refractivity contribution in [3.05, 3.63) is 42.5 Å². The lowest BCUT2D eigenvalue weighted by Crippen LogP contribution is -2.35. The Hall–Kier alpha value is -2.56. The molecule has 0 saturated carbocycles. The van der Waals surface area contributed by atoms with Gasteiger partial charge in [-0.25, -0.2) is 8.42 Å². The highest BCUT2D eigenvalue weighted by Gasteiger charge is 2.30. The largest absolute Gasteiger partial charge is 0.495 e. The highest BCUT2D eigenvalue weighted by atomic mass is 32.2. The van der Waals surface area contributed by atoms with Crippen LogP contribution in [0, 0.1) is 0 Å². The highest BCUT2D eigenvalue weighted by Crippen LogP contribution is 2.37. The number of fused-ring (bicyclic) bond motifs is 1. The van der Waals surface area contributed by atoms with E-state index in [0.717, 1.165) is 29.8 Å². The molecule has 1 unspecified atom stereocenters. The van der Waals surface area contributed by atoms with E-state index in [2.05, 4.69) is 10.6 Å². The van der Waals surface area contributed by atoms with Gasteiger partial charge in [-0.05, 0) is 43.2 Å². The normalized spacial score (nSPS) is 19.0. The zero-order valence-corrected chi connectivity index (χ0v) is 19.3. The lowest BCUT2D eigenvalue weighted by molar-refractivity contribution is -0.120. The minimum absolute atomic E-state index is 0.0584. The van der Waals surface area contributed by atoms with Crippen LogP contribution >= 0.6 is 11.8 Å². The van der Waals surface area contributed by atoms with E-state index in [1.165, 1.54) is 41.4 Å². The number of rotatable bonds is 6. The molecule has 2 aromatic carbocycles. The Bertz CT molecular complexity index is 1130. The van der Waals surface area contributed by atoms with Crippen LogP contribution in [0.15, 0.2) is 52.3 Å². The van der Waals surface area contributed by atoms with Gasteiger partial charge in [0.15, 0.2) is 0 Å². The molecule has 8 nitrogen and oxygen atoms in total. The summed E-state index contributed by atoms with van der Waals surface area (Å²) in [7, 11) is -2.21. The molecular formula is C22H25N3O5S2. The Morgan fingerprint density at radius 2 is 1.94 bits per heavy atom. The van der Waals surface area contributed by atoms with Crippen molar-refractivity contribution >= 4 is 45.0 Å². The molecule has 32 heavy (non-hydrogen) atoms. The van der Waals surface area contributed by atoms with Gasteiger partial charge in [0.05, 0.1) is 28.6 Å². The third-order valence-corrected chi connectivity index (χ3v) is 8.65. The number of carbonyl (C=O) groups excluding carboxylic acids is 2. The first-order chi connectivity index (χ1) is 15.4. The quantitative estimate of drug-likeness (QED) is 0.664. The number of piperidine rings is 1. The maximum atomic E-state index is 13.0. The molecule has 0 radical (unpaired) electrons. The van der Waals surface area contributed by atoms with E-state index in [1.54, 1.807) is 0 Å². The van der Waals surface area contributed by atoms with Crippen molar-refractivity contribution in [3.63, 3.8) is 0 Å². The van der Waals surface area contributed by atoms with Crippen LogP contribution in [0.1, 0.15) is 25.7 Å². The van der Waals surface area contributed by atoms with E-state index in [0.29, 0.717) is 18.8 Å². The number of benzene rings is 2. The molecule has 170 valence electrons. The predicted octanol–water partition coefficient (Wildman–Crippen LogP) is 3.31. The van der Waals surface area contributed by atoms with Crippen LogP contribution in [-0.2, 0) is 19.6 Å². The first-order valence-corrected chi connectivity index (χ1v) is 12.7. The van der Waals surface area contributed by atoms with Gasteiger partial charge in [-0.15, -0.1) is 11.8 Å². The van der Waals surface area contributed by atoms with Gasteiger partial charge in [0.25, 0.3) is 0 Å². The average molecular weight is 476 g/mol. The second-order valence-corrected chi connectivity index (χ2v) is 10.9. The highest BCUT2D eigenvalue weighted by molar-refractivity contribution is 8.01. The number of methoxy groups -OCH3 is 1. The maximum absolute atomic E-state index is 13.0. The molecule has 2 amide bonds. The zero-order chi connectivity index (χ0) is 22.7. The maximum Gasteiger partial charge on any atom is 0.243 e. The Labute approximate surface area is 191 Å². The number of hydrogen-bond acceptors (Lipinski definition) is 6. The van der Waals surface area contributed by atoms with Gasteiger partial charge in [-0.1, -0.05) is 18.6 Å². The van der Waals surface area contributed by atoms with Crippen LogP contribution in [0.2, 0.25) is 0 Å². The zero-order valence-electron chi connectivity index (χ0n) is 17.7. The number of nitrogens with one attached hydrogen (secondary N) is 2. The molecule has 2 aliphatic rings. The Morgan fingerprint density at radius 1 is 1.19 bits per heavy atom. The summed E-state index contributed by atoms with van der Waals surface area (Å²) in [4.78, 5) is 26.2. The van der Waals surface area contributed by atoms with Gasteiger partial charge in [-0.3, -0.25) is 9.59 Å². The van der Waals surface area contributed by atoms with E-state index < -0.39 is 21.2 Å². The predicted molar refractivity (Wildman–Crippen MR) is 124 cm³/mol. The summed E-state index contributed by atoms with van der Waals surface area (Å²) < 4.78 is 32.8. The van der Waals surface area contributed by atoms with Gasteiger partial charge in [0, 0.05) is 24.4 Å². The van der Waals surface area contributed by atoms with Gasteiger partial charge in [0.2, 0.25) is 21.8 Å². The molecule has 0 aliphatic carbocycles. The SMILES string of the molecule is COc1ccc(S(=O)(=O)N2CCCCC2)cc1NC(=O)CC1Sc2ccccc2NC1=O. The van der Waals surface area contributed by atoms with Crippen molar-refractivity contribution in [2.75, 3.05) is 30.8 Å². The Balaban J connectivity index is 1.50. The number of sulfonamides is 1. The molecule has 2 heterocycles. The van der Waals surface area contributed by atoms with E-state index in [-0.39, 0.29) is 22.9 Å². The number of hydrogen-bond donors (Lipinski definition) is 2. The fourth-order valence-corrected chi connectivity index (χ4v) is 6.45. The van der Waals surface area contributed by atoms with Crippen molar-refractivity contribution in [1.82, 2.24) is 4.31 Å². The molecule has 4 rings (SSSR count). The van der Waals surface area contributed by atoms with E-state index in [4.69, 9.17) is 4.74 Å². The number of nitrogens with zero attached hydrogens (tertiary/aromatic N) is 1. The molecule has 0 spiro atoms. The minimum atomic E-state index is -3.66. The van der Waals surface area contributed by atoms with Crippen LogP contribution in [-0.4, -0.2) is 50.0 Å². The van der Waals surface area contributed by atoms with Gasteiger partial charge < -0.3 is 15.4 Å². The standard InChI is InChI=1S/C22H25N3O5S2/c1-30-18-10-9-15(32(28,29)25-11-5-2-6-12-25)13-17(18)23-21(26)14-20-22(27)24-16-7-3-4-8-19(16)31-20/h3-4,7-10,13,20H,2,5-6,11-12,14H2,1H3,(H,23,26)(H,24,27). The third kappa shape index (κ3) is 4.77. The summed E-state index contributed by atoms with van der Waals surface area (Å²) >= 11 is 1.33. The Kier molecular flexibility index (Phi) is 6.73. The summed E-state index contributed by atoms with van der Waals surface area (Å²) in [6, 6.07) is 11.9. The number of amides is 2. The number of anilines is 2. The van der Waals surface area contributed by atoms with Crippen LogP contribution in [0.3, 0.4) is 0 Å². The van der Waals surface area contributed by atoms with E-state index in [9.17, 15) is 18.0 Å². The molecule has 1 saturated heterocycles. The van der Waals surface area contributed by atoms with Crippen LogP contribution in [0.4, 0.5) is 11.4 Å². The van der Waals surface area contributed by atoms with Crippen molar-refractivity contribution in [2.45, 2.75) is 40.7 Å². The number of carbonyl (C=O) groups is 2. The fraction of sp³-hybridized carbons (Fsp3) is 0.364. The average Bonchev–Trinajstić information content (AvgIpc) is 2.80. The van der Waals surface area contributed by atoms with Crippen molar-refractivity contribution < 1.29 is 22.7 Å². The number of ether oxygens (including phenoxy) is 1. The lowest BCUT2D eigenvalue weighted by Gasteiger charge is -2.26. The molecule has 1 fully saturated rings. The fourth-order valence-electron chi connectivity index (χ4n) is 3.80. The van der Waals surface area contributed by atoms with Crippen molar-refractivity contribution in [3.8, 4) is 5.75 Å². The summed E-state index contributed by atoms with van der Waals surface area (Å²) in [5.74, 6) is -0.290. The monoisotopic (exact) mass is 475 g/mol. The molecule has 2 aromatic rings. The van der Waals surface area contributed by atoms with Crippen molar-refractivity contribution in [2.24, 2.45) is 0 Å². The topological polar surface area (TPSA) is 105 Å². The van der Waals surface area contributed by atoms with E-state index in [1.807, 2.05) is 24.3 Å². The van der Waals surface area contributed by atoms with Gasteiger partial charge in [-0.2, -0.15) is 4.31 Å². The van der Waals surface area contributed by atoms with E-state index >= 15 is 0 Å². The molecule has 0 aromatic heterocycles. The lowest BCUT2D eigenvalue weighted by atomic mass is 10.2. The first kappa shape index (κ1) is 22.6. The molecular weight excluding hydrogens is 450 g/mol. The molecule has 0 bridgehead atoms. The Morgan fingerprint density at radius 3 is 2.69 bits per heavy atom. The molecule has 2 aliphatic heterocycles. The number of thioether (sulfide) groups is 1. The summed E-state index contributed by atoms with van der Waals surface area (Å²) in [5.41, 5.74) is 0.994. The number of para-hydroxylation sites is 1. The second-order valence-electron chi connectivity index (χ2n) is 7.67. The van der Waals surface area contributed by atoms with Crippen LogP contribution in [0.25, 0.3) is 0 Å². The van der Waals surface area contributed by atoms with Crippen molar-refractivity contribution in [1.29, 1.82) is 0 Å². The summed E-state index contributed by atoms with van der Waals surface area (Å²) in [5, 5.41) is 4.96. The molecule has 1 atom stereocenters. The second kappa shape index (κ2) is 9.51. The van der Waals surface area contributed by atoms with Gasteiger partial charge >= 0.3 is 0 Å².